The number of anilines is 1. The lowest BCUT2D eigenvalue weighted by Crippen LogP contribution is -2.43. The molecular formula is C16H24N2O4S. The normalized spacial score (nSPS) is 12.5. The third-order valence-electron chi connectivity index (χ3n) is 3.36. The van der Waals surface area contributed by atoms with E-state index in [0.717, 1.165) is 23.4 Å². The third kappa shape index (κ3) is 6.02. The van der Waals surface area contributed by atoms with E-state index < -0.39 is 10.0 Å². The van der Waals surface area contributed by atoms with Gasteiger partial charge in [0.05, 0.1) is 11.9 Å². The van der Waals surface area contributed by atoms with Gasteiger partial charge in [0.25, 0.3) is 0 Å². The Kier molecular flexibility index (Phi) is 6.75. The number of hydrogen-bond donors (Lipinski definition) is 1. The number of amides is 1. The van der Waals surface area contributed by atoms with Gasteiger partial charge in [-0.2, -0.15) is 0 Å². The van der Waals surface area contributed by atoms with Gasteiger partial charge < -0.3 is 5.32 Å². The fourth-order valence-electron chi connectivity index (χ4n) is 2.24. The van der Waals surface area contributed by atoms with Crippen LogP contribution in [0.4, 0.5) is 5.69 Å². The topological polar surface area (TPSA) is 83.6 Å². The van der Waals surface area contributed by atoms with Crippen LogP contribution in [0.5, 0.6) is 0 Å². The SMILES string of the molecule is CCC[C@H](C)NC(=O)CN(c1cccc(C(C)=O)c1)S(C)(=O)=O. The van der Waals surface area contributed by atoms with Crippen molar-refractivity contribution in [2.45, 2.75) is 39.7 Å². The number of carbonyl (C=O) groups is 2. The van der Waals surface area contributed by atoms with Crippen molar-refractivity contribution < 1.29 is 18.0 Å². The molecule has 0 saturated carbocycles. The second kappa shape index (κ2) is 8.10. The molecule has 6 nitrogen and oxygen atoms in total. The van der Waals surface area contributed by atoms with Gasteiger partial charge in [-0.1, -0.05) is 25.5 Å². The molecule has 1 rings (SSSR count). The van der Waals surface area contributed by atoms with Crippen LogP contribution in [0.25, 0.3) is 0 Å². The van der Waals surface area contributed by atoms with Gasteiger partial charge in [-0.15, -0.1) is 0 Å². The van der Waals surface area contributed by atoms with E-state index in [9.17, 15) is 18.0 Å². The number of ketones is 1. The molecule has 0 radical (unpaired) electrons. The highest BCUT2D eigenvalue weighted by Crippen LogP contribution is 2.19. The number of Topliss-reactive ketones (excluding diaryl/α,β-unsaturated/α-hetero) is 1. The Labute approximate surface area is 137 Å². The van der Waals surface area contributed by atoms with Crippen LogP contribution in [-0.4, -0.2) is 39.0 Å². The third-order valence-corrected chi connectivity index (χ3v) is 4.50. The molecule has 0 saturated heterocycles. The minimum Gasteiger partial charge on any atom is -0.352 e. The molecule has 1 amide bonds. The van der Waals surface area contributed by atoms with Gasteiger partial charge in [-0.25, -0.2) is 8.42 Å². The second-order valence-electron chi connectivity index (χ2n) is 5.63. The van der Waals surface area contributed by atoms with Crippen molar-refractivity contribution in [1.82, 2.24) is 5.32 Å². The van der Waals surface area contributed by atoms with Crippen molar-refractivity contribution in [3.05, 3.63) is 29.8 Å². The molecule has 0 aliphatic carbocycles. The monoisotopic (exact) mass is 340 g/mol. The lowest BCUT2D eigenvalue weighted by atomic mass is 10.1. The molecule has 23 heavy (non-hydrogen) atoms. The second-order valence-corrected chi connectivity index (χ2v) is 7.54. The van der Waals surface area contributed by atoms with Gasteiger partial charge >= 0.3 is 0 Å². The number of nitrogens with one attached hydrogen (secondary N) is 1. The molecule has 0 aromatic heterocycles. The number of nitrogens with zero attached hydrogens (tertiary/aromatic N) is 1. The summed E-state index contributed by atoms with van der Waals surface area (Å²) in [5.41, 5.74) is 0.703. The molecule has 0 aliphatic heterocycles. The maximum Gasteiger partial charge on any atom is 0.240 e. The molecule has 0 spiro atoms. The number of rotatable bonds is 8. The standard InChI is InChI=1S/C16H24N2O4S/c1-5-7-12(2)17-16(20)11-18(23(4,21)22)15-9-6-8-14(10-15)13(3)19/h6,8-10,12H,5,7,11H2,1-4H3,(H,17,20)/t12-/m0/s1. The smallest absolute Gasteiger partial charge is 0.240 e. The van der Waals surface area contributed by atoms with Crippen LogP contribution in [0.1, 0.15) is 44.0 Å². The van der Waals surface area contributed by atoms with Gasteiger partial charge in [0.2, 0.25) is 15.9 Å². The molecule has 1 aromatic carbocycles. The Balaban J connectivity index is 3.01. The molecule has 0 aliphatic rings. The fourth-order valence-corrected chi connectivity index (χ4v) is 3.08. The average Bonchev–Trinajstić information content (AvgIpc) is 2.43. The Morgan fingerprint density at radius 1 is 1.30 bits per heavy atom. The summed E-state index contributed by atoms with van der Waals surface area (Å²) in [6.07, 6.45) is 2.79. The largest absolute Gasteiger partial charge is 0.352 e. The van der Waals surface area contributed by atoms with Crippen molar-refractivity contribution in [2.75, 3.05) is 17.1 Å². The zero-order valence-corrected chi connectivity index (χ0v) is 14.8. The molecule has 0 heterocycles. The van der Waals surface area contributed by atoms with E-state index in [2.05, 4.69) is 5.32 Å². The van der Waals surface area contributed by atoms with Crippen LogP contribution in [0.2, 0.25) is 0 Å². The van der Waals surface area contributed by atoms with E-state index in [0.29, 0.717) is 11.3 Å². The number of carbonyl (C=O) groups excluding carboxylic acids is 2. The minimum absolute atomic E-state index is 0.0162. The molecule has 0 unspecified atom stereocenters. The summed E-state index contributed by atoms with van der Waals surface area (Å²) >= 11 is 0. The van der Waals surface area contributed by atoms with Crippen LogP contribution in [0, 0.1) is 0 Å². The summed E-state index contributed by atoms with van der Waals surface area (Å²) in [6.45, 7) is 4.98. The molecule has 0 bridgehead atoms. The van der Waals surface area contributed by atoms with E-state index in [1.807, 2.05) is 13.8 Å². The van der Waals surface area contributed by atoms with Crippen molar-refractivity contribution in [3.63, 3.8) is 0 Å². The highest BCUT2D eigenvalue weighted by Gasteiger charge is 2.22. The van der Waals surface area contributed by atoms with Crippen molar-refractivity contribution in [3.8, 4) is 0 Å². The Bertz CT molecular complexity index is 670. The van der Waals surface area contributed by atoms with Crippen molar-refractivity contribution >= 4 is 27.4 Å². The van der Waals surface area contributed by atoms with E-state index >= 15 is 0 Å². The van der Waals surface area contributed by atoms with Crippen LogP contribution in [0.15, 0.2) is 24.3 Å². The van der Waals surface area contributed by atoms with Crippen molar-refractivity contribution in [2.24, 2.45) is 0 Å². The molecule has 7 heteroatoms. The maximum atomic E-state index is 12.1. The Hall–Kier alpha value is -1.89. The zero-order chi connectivity index (χ0) is 17.6. The van der Waals surface area contributed by atoms with Gasteiger partial charge in [0.15, 0.2) is 5.78 Å². The summed E-state index contributed by atoms with van der Waals surface area (Å²) in [7, 11) is -3.64. The van der Waals surface area contributed by atoms with E-state index in [-0.39, 0.29) is 24.3 Å². The summed E-state index contributed by atoms with van der Waals surface area (Å²) in [4.78, 5) is 23.6. The highest BCUT2D eigenvalue weighted by atomic mass is 32.2. The Morgan fingerprint density at radius 2 is 1.96 bits per heavy atom. The molecule has 1 aromatic rings. The van der Waals surface area contributed by atoms with Gasteiger partial charge in [-0.05, 0) is 32.4 Å². The van der Waals surface area contributed by atoms with Gasteiger partial charge in [0, 0.05) is 11.6 Å². The van der Waals surface area contributed by atoms with Gasteiger partial charge in [0.1, 0.15) is 6.54 Å². The number of benzene rings is 1. The number of sulfonamides is 1. The zero-order valence-electron chi connectivity index (χ0n) is 14.0. The lowest BCUT2D eigenvalue weighted by Gasteiger charge is -2.23. The van der Waals surface area contributed by atoms with Crippen LogP contribution < -0.4 is 9.62 Å². The summed E-state index contributed by atoms with van der Waals surface area (Å²) in [5, 5.41) is 2.78. The first-order valence-electron chi connectivity index (χ1n) is 7.53. The Morgan fingerprint density at radius 3 is 2.48 bits per heavy atom. The maximum absolute atomic E-state index is 12.1. The fraction of sp³-hybridized carbons (Fsp3) is 0.500. The predicted molar refractivity (Wildman–Crippen MR) is 91.1 cm³/mol. The van der Waals surface area contributed by atoms with E-state index in [1.165, 1.54) is 13.0 Å². The van der Waals surface area contributed by atoms with Crippen molar-refractivity contribution in [1.29, 1.82) is 0 Å². The number of hydrogen-bond acceptors (Lipinski definition) is 4. The van der Waals surface area contributed by atoms with Crippen LogP contribution in [-0.2, 0) is 14.8 Å². The predicted octanol–water partition coefficient (Wildman–Crippen LogP) is 1.96. The first-order chi connectivity index (χ1) is 10.6. The summed E-state index contributed by atoms with van der Waals surface area (Å²) < 4.78 is 25.0. The quantitative estimate of drug-likeness (QED) is 0.733. The van der Waals surface area contributed by atoms with E-state index in [4.69, 9.17) is 0 Å². The molecule has 1 N–H and O–H groups in total. The highest BCUT2D eigenvalue weighted by molar-refractivity contribution is 7.92. The first kappa shape index (κ1) is 19.2. The van der Waals surface area contributed by atoms with E-state index in [1.54, 1.807) is 18.2 Å². The minimum atomic E-state index is -3.64. The average molecular weight is 340 g/mol. The summed E-state index contributed by atoms with van der Waals surface area (Å²) in [6, 6.07) is 6.23. The summed E-state index contributed by atoms with van der Waals surface area (Å²) in [5.74, 6) is -0.536. The van der Waals surface area contributed by atoms with Crippen LogP contribution in [0.3, 0.4) is 0 Å². The van der Waals surface area contributed by atoms with Crippen LogP contribution >= 0.6 is 0 Å². The lowest BCUT2D eigenvalue weighted by molar-refractivity contribution is -0.120. The van der Waals surface area contributed by atoms with Gasteiger partial charge in [-0.3, -0.25) is 13.9 Å². The molecular weight excluding hydrogens is 316 g/mol. The molecule has 1 atom stereocenters. The first-order valence-corrected chi connectivity index (χ1v) is 9.38. The molecule has 128 valence electrons. The molecule has 0 fully saturated rings.